The van der Waals surface area contributed by atoms with Gasteiger partial charge in [0.1, 0.15) is 36.2 Å². The first-order chi connectivity index (χ1) is 19.4. The lowest BCUT2D eigenvalue weighted by molar-refractivity contribution is -0.149. The highest BCUT2D eigenvalue weighted by Crippen LogP contribution is 2.47. The molecular weight excluding hydrogens is 561 g/mol. The molecule has 2 aromatic rings. The van der Waals surface area contributed by atoms with Gasteiger partial charge in [-0.3, -0.25) is 24.2 Å². The number of benzene rings is 1. The van der Waals surface area contributed by atoms with Crippen molar-refractivity contribution in [2.24, 2.45) is 0 Å². The predicted molar refractivity (Wildman–Crippen MR) is 137 cm³/mol. The first kappa shape index (κ1) is 30.2. The van der Waals surface area contributed by atoms with Crippen LogP contribution in [0.5, 0.6) is 5.75 Å². The second-order valence-corrected chi connectivity index (χ2v) is 11.3. The van der Waals surface area contributed by atoms with Crippen molar-refractivity contribution in [1.82, 2.24) is 20.6 Å². The van der Waals surface area contributed by atoms with Crippen molar-refractivity contribution in [2.75, 3.05) is 6.61 Å². The van der Waals surface area contributed by atoms with Crippen LogP contribution in [0, 0.1) is 11.3 Å². The molecule has 0 spiro atoms. The number of hydrogen-bond acceptors (Lipinski definition) is 13. The van der Waals surface area contributed by atoms with Crippen LogP contribution >= 0.6 is 7.75 Å². The van der Waals surface area contributed by atoms with E-state index in [0.717, 1.165) is 6.20 Å². The van der Waals surface area contributed by atoms with Crippen molar-refractivity contribution < 1.29 is 47.7 Å². The molecule has 41 heavy (non-hydrogen) atoms. The minimum Gasteiger partial charge on any atom is -0.462 e. The van der Waals surface area contributed by atoms with E-state index < -0.39 is 68.2 Å². The number of nitrogens with zero attached hydrogens (tertiary/aromatic N) is 3. The van der Waals surface area contributed by atoms with Crippen LogP contribution in [0.15, 0.2) is 36.5 Å². The van der Waals surface area contributed by atoms with E-state index in [0.29, 0.717) is 0 Å². The Morgan fingerprint density at radius 2 is 2.00 bits per heavy atom. The maximum atomic E-state index is 13.8. The molecule has 1 aromatic carbocycles. The number of carbonyl (C=O) groups is 3. The summed E-state index contributed by atoms with van der Waals surface area (Å²) in [5, 5.41) is 43.9. The number of aromatic nitrogens is 2. The van der Waals surface area contributed by atoms with Gasteiger partial charge in [-0.15, -0.1) is 5.10 Å². The summed E-state index contributed by atoms with van der Waals surface area (Å²) in [6.45, 7) is 3.98. The van der Waals surface area contributed by atoms with Crippen LogP contribution in [0.3, 0.4) is 0 Å². The fourth-order valence-electron chi connectivity index (χ4n) is 4.32. The molecule has 2 aliphatic heterocycles. The first-order valence-corrected chi connectivity index (χ1v) is 14.1. The van der Waals surface area contributed by atoms with E-state index in [1.165, 1.54) is 19.1 Å². The Bertz CT molecular complexity index is 1420. The van der Waals surface area contributed by atoms with E-state index >= 15 is 0 Å². The summed E-state index contributed by atoms with van der Waals surface area (Å²) in [4.78, 5) is 36.7. The van der Waals surface area contributed by atoms with Crippen LogP contribution in [0.4, 0.5) is 0 Å². The third-order valence-electron chi connectivity index (χ3n) is 6.22. The molecule has 1 saturated heterocycles. The maximum absolute atomic E-state index is 13.8. The monoisotopic (exact) mass is 589 g/mol. The highest BCUT2D eigenvalue weighted by atomic mass is 31.2. The van der Waals surface area contributed by atoms with E-state index in [1.807, 2.05) is 6.07 Å². The minimum atomic E-state index is -4.38. The number of imide groups is 1. The first-order valence-electron chi connectivity index (χ1n) is 12.5. The molecule has 15 nitrogen and oxygen atoms in total. The average Bonchev–Trinajstić information content (AvgIpc) is 3.17. The summed E-state index contributed by atoms with van der Waals surface area (Å²) >= 11 is 0. The Kier molecular flexibility index (Phi) is 8.83. The summed E-state index contributed by atoms with van der Waals surface area (Å²) in [7, 11) is -4.38. The fourth-order valence-corrected chi connectivity index (χ4v) is 5.82. The lowest BCUT2D eigenvalue weighted by Crippen LogP contribution is -2.44. The van der Waals surface area contributed by atoms with E-state index in [4.69, 9.17) is 18.5 Å². The molecule has 0 aliphatic carbocycles. The number of carbonyl (C=O) groups excluding carboxylic acids is 3. The van der Waals surface area contributed by atoms with Crippen molar-refractivity contribution in [1.29, 1.82) is 5.26 Å². The molecule has 1 fully saturated rings. The molecule has 0 bridgehead atoms. The summed E-state index contributed by atoms with van der Waals surface area (Å²) in [5.74, 6) is -2.12. The standard InChI is InChI=1S/C25H28N5O10P/c1-13(2)38-24(35)14(3)30-41(36,40-15-7-5-4-6-8-15)37-11-18-21(32)22(33)25(12-26,39-18)17-10-27-29-20-16(17)9-19(31)28-23(20)34/h4-8,10,13-14,18,21-22,32-33H,9,11H2,1-3H3,(H,30,36)(H,28,31,34)/t14?,18-,21-,22-,25+,41?/m1/s1. The van der Waals surface area contributed by atoms with Gasteiger partial charge < -0.3 is 24.2 Å². The Labute approximate surface area is 234 Å². The molecule has 1 aromatic heterocycles. The Hall–Kier alpha value is -3.77. The lowest BCUT2D eigenvalue weighted by atomic mass is 9.84. The van der Waals surface area contributed by atoms with Crippen LogP contribution in [0.2, 0.25) is 0 Å². The molecule has 0 saturated carbocycles. The summed E-state index contributed by atoms with van der Waals surface area (Å²) in [5.41, 5.74) is -2.68. The zero-order chi connectivity index (χ0) is 29.9. The van der Waals surface area contributed by atoms with Crippen LogP contribution in [0.25, 0.3) is 0 Å². The smallest absolute Gasteiger partial charge is 0.459 e. The fraction of sp³-hybridized carbons (Fsp3) is 0.440. The number of nitriles is 1. The topological polar surface area (TPSA) is 219 Å². The number of nitrogens with one attached hydrogen (secondary N) is 2. The van der Waals surface area contributed by atoms with Gasteiger partial charge in [-0.1, -0.05) is 18.2 Å². The van der Waals surface area contributed by atoms with Crippen molar-refractivity contribution in [3.05, 3.63) is 53.3 Å². The van der Waals surface area contributed by atoms with Gasteiger partial charge in [-0.25, -0.2) is 4.57 Å². The van der Waals surface area contributed by atoms with Crippen LogP contribution < -0.4 is 14.9 Å². The number of fused-ring (bicyclic) bond motifs is 1. The molecule has 2 amide bonds. The van der Waals surface area contributed by atoms with Crippen LogP contribution in [-0.2, 0) is 40.2 Å². The molecule has 0 radical (unpaired) electrons. The molecule has 6 atom stereocenters. The van der Waals surface area contributed by atoms with Crippen LogP contribution in [-0.4, -0.2) is 75.3 Å². The third-order valence-corrected chi connectivity index (χ3v) is 7.86. The summed E-state index contributed by atoms with van der Waals surface area (Å²) in [6.07, 6.45) is -4.89. The van der Waals surface area contributed by atoms with Gasteiger partial charge >= 0.3 is 13.7 Å². The van der Waals surface area contributed by atoms with Gasteiger partial charge in [0, 0.05) is 11.1 Å². The molecule has 2 unspecified atom stereocenters. The summed E-state index contributed by atoms with van der Waals surface area (Å²) in [6, 6.07) is 8.59. The molecule has 4 N–H and O–H groups in total. The zero-order valence-electron chi connectivity index (χ0n) is 22.2. The molecular formula is C25H28N5O10P. The predicted octanol–water partition coefficient (Wildman–Crippen LogP) is 0.262. The number of aliphatic hydroxyl groups excluding tert-OH is 2. The number of para-hydroxylation sites is 1. The van der Waals surface area contributed by atoms with Crippen molar-refractivity contribution >= 4 is 25.5 Å². The van der Waals surface area contributed by atoms with Crippen molar-refractivity contribution in [2.45, 2.75) is 63.3 Å². The van der Waals surface area contributed by atoms with E-state index in [9.17, 15) is 34.4 Å². The number of ether oxygens (including phenoxy) is 2. The van der Waals surface area contributed by atoms with Gasteiger partial charge in [0.05, 0.1) is 25.3 Å². The molecule has 2 aliphatic rings. The largest absolute Gasteiger partial charge is 0.462 e. The lowest BCUT2D eigenvalue weighted by Gasteiger charge is -2.28. The number of aliphatic hydroxyl groups is 2. The SMILES string of the molecule is CC(C)OC(=O)C(C)NP(=O)(OC[C@H]1O[C@@](C#N)(c2cnnc3c2CC(=O)NC3=O)[C@H](O)[C@@H]1O)Oc1ccccc1. The number of esters is 1. The Balaban J connectivity index is 1.59. The van der Waals surface area contributed by atoms with Crippen LogP contribution in [0.1, 0.15) is 42.4 Å². The normalized spacial score (nSPS) is 25.9. The number of amides is 2. The summed E-state index contributed by atoms with van der Waals surface area (Å²) < 4.78 is 35.8. The van der Waals surface area contributed by atoms with Gasteiger partial charge in [0.15, 0.2) is 5.69 Å². The van der Waals surface area contributed by atoms with Gasteiger partial charge in [0.25, 0.3) is 5.91 Å². The third kappa shape index (κ3) is 6.28. The Morgan fingerprint density at radius 3 is 2.66 bits per heavy atom. The second kappa shape index (κ2) is 12.0. The molecule has 3 heterocycles. The minimum absolute atomic E-state index is 0.000331. The van der Waals surface area contributed by atoms with Crippen molar-refractivity contribution in [3.8, 4) is 11.8 Å². The Morgan fingerprint density at radius 1 is 1.29 bits per heavy atom. The molecule has 218 valence electrons. The van der Waals surface area contributed by atoms with E-state index in [-0.39, 0.29) is 29.0 Å². The average molecular weight is 589 g/mol. The number of rotatable bonds is 10. The molecule has 4 rings (SSSR count). The second-order valence-electron chi connectivity index (χ2n) is 9.61. The molecule has 16 heteroatoms. The maximum Gasteiger partial charge on any atom is 0.459 e. The van der Waals surface area contributed by atoms with Crippen molar-refractivity contribution in [3.63, 3.8) is 0 Å². The van der Waals surface area contributed by atoms with Gasteiger partial charge in [-0.05, 0) is 32.9 Å². The quantitative estimate of drug-likeness (QED) is 0.166. The van der Waals surface area contributed by atoms with E-state index in [1.54, 1.807) is 32.0 Å². The highest BCUT2D eigenvalue weighted by Gasteiger charge is 2.58. The van der Waals surface area contributed by atoms with Gasteiger partial charge in [-0.2, -0.15) is 15.4 Å². The number of hydrogen-bond donors (Lipinski definition) is 4. The highest BCUT2D eigenvalue weighted by molar-refractivity contribution is 7.52. The van der Waals surface area contributed by atoms with E-state index in [2.05, 4.69) is 20.6 Å². The zero-order valence-corrected chi connectivity index (χ0v) is 23.1. The van der Waals surface area contributed by atoms with Gasteiger partial charge in [0.2, 0.25) is 11.5 Å².